The summed E-state index contributed by atoms with van der Waals surface area (Å²) in [5, 5.41) is 1.37. The Morgan fingerprint density at radius 3 is 2.36 bits per heavy atom. The minimum atomic E-state index is 1.06. The molecule has 3 aromatic rings. The maximum absolute atomic E-state index is 3.39. The van der Waals surface area contributed by atoms with Crippen molar-refractivity contribution in [3.63, 3.8) is 0 Å². The summed E-state index contributed by atoms with van der Waals surface area (Å²) >= 11 is 0. The van der Waals surface area contributed by atoms with Crippen LogP contribution in [0.4, 0.5) is 0 Å². The number of aryl methyl sites for hydroxylation is 1. The van der Waals surface area contributed by atoms with Gasteiger partial charge in [-0.25, -0.2) is 0 Å². The van der Waals surface area contributed by atoms with E-state index in [0.29, 0.717) is 0 Å². The number of fused-ring (bicyclic) bond motifs is 1. The van der Waals surface area contributed by atoms with Crippen LogP contribution in [-0.4, -0.2) is 47.5 Å². The Kier molecular flexibility index (Phi) is 5.14. The monoisotopic (exact) mass is 333 g/mol. The molecule has 1 N–H and O–H groups in total. The Bertz CT molecular complexity index is 785. The molecule has 1 aromatic heterocycles. The van der Waals surface area contributed by atoms with Gasteiger partial charge in [-0.05, 0) is 36.6 Å². The minimum Gasteiger partial charge on any atom is -0.361 e. The third kappa shape index (κ3) is 4.12. The second kappa shape index (κ2) is 7.85. The van der Waals surface area contributed by atoms with Crippen LogP contribution in [0.1, 0.15) is 17.5 Å². The SMILES string of the molecule is c1ccc(CCCN2CCN(Cc3c[nH]c4ccccc34)CC2)cc1. The van der Waals surface area contributed by atoms with Gasteiger partial charge in [-0.1, -0.05) is 48.5 Å². The molecule has 0 unspecified atom stereocenters. The van der Waals surface area contributed by atoms with Crippen LogP contribution in [0.15, 0.2) is 60.8 Å². The lowest BCUT2D eigenvalue weighted by molar-refractivity contribution is 0.126. The van der Waals surface area contributed by atoms with Gasteiger partial charge >= 0.3 is 0 Å². The molecule has 2 heterocycles. The van der Waals surface area contributed by atoms with E-state index in [2.05, 4.69) is 75.6 Å². The van der Waals surface area contributed by atoms with Gasteiger partial charge in [-0.2, -0.15) is 0 Å². The van der Waals surface area contributed by atoms with Gasteiger partial charge in [0.25, 0.3) is 0 Å². The lowest BCUT2D eigenvalue weighted by atomic mass is 10.1. The second-order valence-corrected chi connectivity index (χ2v) is 7.07. The molecule has 0 atom stereocenters. The van der Waals surface area contributed by atoms with Crippen LogP contribution < -0.4 is 0 Å². The normalized spacial score (nSPS) is 16.5. The third-order valence-electron chi connectivity index (χ3n) is 5.32. The molecule has 130 valence electrons. The summed E-state index contributed by atoms with van der Waals surface area (Å²) in [6.45, 7) is 7.00. The quantitative estimate of drug-likeness (QED) is 0.739. The van der Waals surface area contributed by atoms with E-state index in [9.17, 15) is 0 Å². The zero-order valence-corrected chi connectivity index (χ0v) is 14.8. The molecule has 1 aliphatic rings. The molecule has 1 aliphatic heterocycles. The van der Waals surface area contributed by atoms with E-state index in [1.807, 2.05) is 0 Å². The van der Waals surface area contributed by atoms with Gasteiger partial charge in [0, 0.05) is 49.8 Å². The Morgan fingerprint density at radius 1 is 0.800 bits per heavy atom. The lowest BCUT2D eigenvalue weighted by Crippen LogP contribution is -2.46. The number of aromatic amines is 1. The predicted octanol–water partition coefficient (Wildman–Crippen LogP) is 3.92. The summed E-state index contributed by atoms with van der Waals surface area (Å²) < 4.78 is 0. The molecule has 0 saturated carbocycles. The Hall–Kier alpha value is -2.10. The minimum absolute atomic E-state index is 1.06. The number of benzene rings is 2. The van der Waals surface area contributed by atoms with Crippen LogP contribution in [0.25, 0.3) is 10.9 Å². The van der Waals surface area contributed by atoms with E-state index < -0.39 is 0 Å². The van der Waals surface area contributed by atoms with Crippen LogP contribution >= 0.6 is 0 Å². The van der Waals surface area contributed by atoms with Gasteiger partial charge in [0.05, 0.1) is 0 Å². The predicted molar refractivity (Wildman–Crippen MR) is 105 cm³/mol. The Labute approximate surface area is 150 Å². The van der Waals surface area contributed by atoms with Crippen molar-refractivity contribution in [2.24, 2.45) is 0 Å². The third-order valence-corrected chi connectivity index (χ3v) is 5.32. The number of para-hydroxylation sites is 1. The highest BCUT2D eigenvalue weighted by Crippen LogP contribution is 2.20. The van der Waals surface area contributed by atoms with Gasteiger partial charge < -0.3 is 9.88 Å². The molecule has 0 radical (unpaired) electrons. The molecule has 4 rings (SSSR count). The van der Waals surface area contributed by atoms with Crippen molar-refractivity contribution in [3.05, 3.63) is 71.9 Å². The number of rotatable bonds is 6. The molecule has 0 bridgehead atoms. The fourth-order valence-corrected chi connectivity index (χ4v) is 3.83. The summed E-state index contributed by atoms with van der Waals surface area (Å²) in [7, 11) is 0. The van der Waals surface area contributed by atoms with E-state index in [0.717, 1.165) is 6.54 Å². The molecule has 3 heteroatoms. The molecule has 25 heavy (non-hydrogen) atoms. The van der Waals surface area contributed by atoms with Crippen LogP contribution in [0.5, 0.6) is 0 Å². The highest BCUT2D eigenvalue weighted by atomic mass is 15.3. The zero-order valence-electron chi connectivity index (χ0n) is 14.8. The Morgan fingerprint density at radius 2 is 1.52 bits per heavy atom. The van der Waals surface area contributed by atoms with Crippen molar-refractivity contribution in [2.45, 2.75) is 19.4 Å². The molecule has 0 amide bonds. The molecule has 0 aliphatic carbocycles. The molecule has 1 saturated heterocycles. The maximum Gasteiger partial charge on any atom is 0.0457 e. The zero-order chi connectivity index (χ0) is 16.9. The van der Waals surface area contributed by atoms with Crippen molar-refractivity contribution in [3.8, 4) is 0 Å². The number of hydrogen-bond acceptors (Lipinski definition) is 2. The molecule has 1 fully saturated rings. The molecular formula is C22H27N3. The topological polar surface area (TPSA) is 22.3 Å². The van der Waals surface area contributed by atoms with Crippen molar-refractivity contribution in [1.82, 2.24) is 14.8 Å². The van der Waals surface area contributed by atoms with Crippen molar-refractivity contribution in [1.29, 1.82) is 0 Å². The van der Waals surface area contributed by atoms with E-state index >= 15 is 0 Å². The average Bonchev–Trinajstić information content (AvgIpc) is 3.07. The molecule has 2 aromatic carbocycles. The summed E-state index contributed by atoms with van der Waals surface area (Å²) in [5.41, 5.74) is 4.13. The summed E-state index contributed by atoms with van der Waals surface area (Å²) in [6, 6.07) is 19.4. The number of H-pyrrole nitrogens is 1. The lowest BCUT2D eigenvalue weighted by Gasteiger charge is -2.34. The first-order valence-corrected chi connectivity index (χ1v) is 9.42. The van der Waals surface area contributed by atoms with E-state index in [4.69, 9.17) is 0 Å². The highest BCUT2D eigenvalue weighted by molar-refractivity contribution is 5.82. The van der Waals surface area contributed by atoms with Crippen LogP contribution in [0, 0.1) is 0 Å². The van der Waals surface area contributed by atoms with Gasteiger partial charge in [0.1, 0.15) is 0 Å². The van der Waals surface area contributed by atoms with E-state index in [1.165, 1.54) is 67.6 Å². The van der Waals surface area contributed by atoms with Crippen molar-refractivity contribution < 1.29 is 0 Å². The smallest absolute Gasteiger partial charge is 0.0457 e. The van der Waals surface area contributed by atoms with Gasteiger partial charge in [0.15, 0.2) is 0 Å². The number of nitrogens with zero attached hydrogens (tertiary/aromatic N) is 2. The largest absolute Gasteiger partial charge is 0.361 e. The number of hydrogen-bond donors (Lipinski definition) is 1. The van der Waals surface area contributed by atoms with Crippen LogP contribution in [-0.2, 0) is 13.0 Å². The second-order valence-electron chi connectivity index (χ2n) is 7.07. The van der Waals surface area contributed by atoms with Crippen LogP contribution in [0.3, 0.4) is 0 Å². The summed E-state index contributed by atoms with van der Waals surface area (Å²) in [4.78, 5) is 8.60. The number of piperazine rings is 1. The van der Waals surface area contributed by atoms with Gasteiger partial charge in [-0.3, -0.25) is 4.90 Å². The average molecular weight is 333 g/mol. The Balaban J connectivity index is 1.23. The first-order valence-electron chi connectivity index (χ1n) is 9.42. The standard InChI is InChI=1S/C22H27N3/c1-2-7-19(8-3-1)9-6-12-24-13-15-25(16-14-24)18-20-17-23-22-11-5-4-10-21(20)22/h1-5,7-8,10-11,17,23H,6,9,12-16,18H2. The molecule has 0 spiro atoms. The summed E-state index contributed by atoms with van der Waals surface area (Å²) in [5.74, 6) is 0. The maximum atomic E-state index is 3.39. The molecule has 3 nitrogen and oxygen atoms in total. The van der Waals surface area contributed by atoms with Crippen LogP contribution in [0.2, 0.25) is 0 Å². The molecular weight excluding hydrogens is 306 g/mol. The first-order chi connectivity index (χ1) is 12.4. The first kappa shape index (κ1) is 16.4. The van der Waals surface area contributed by atoms with Gasteiger partial charge in [-0.15, -0.1) is 0 Å². The van der Waals surface area contributed by atoms with Gasteiger partial charge in [0.2, 0.25) is 0 Å². The van der Waals surface area contributed by atoms with E-state index in [-0.39, 0.29) is 0 Å². The van der Waals surface area contributed by atoms with Crippen molar-refractivity contribution in [2.75, 3.05) is 32.7 Å². The summed E-state index contributed by atoms with van der Waals surface area (Å²) in [6.07, 6.45) is 4.62. The van der Waals surface area contributed by atoms with E-state index in [1.54, 1.807) is 0 Å². The number of aromatic nitrogens is 1. The van der Waals surface area contributed by atoms with Crippen molar-refractivity contribution >= 4 is 10.9 Å². The fourth-order valence-electron chi connectivity index (χ4n) is 3.83. The fraction of sp³-hybridized carbons (Fsp3) is 0.364. The highest BCUT2D eigenvalue weighted by Gasteiger charge is 2.17. The number of nitrogens with one attached hydrogen (secondary N) is 1.